The van der Waals surface area contributed by atoms with Gasteiger partial charge in [0.25, 0.3) is 0 Å². The molecule has 0 bridgehead atoms. The molecule has 12 heavy (non-hydrogen) atoms. The summed E-state index contributed by atoms with van der Waals surface area (Å²) >= 11 is 1.75. The first-order chi connectivity index (χ1) is 5.81. The van der Waals surface area contributed by atoms with E-state index in [4.69, 9.17) is 4.74 Å². The lowest BCUT2D eigenvalue weighted by Crippen LogP contribution is -1.97. The minimum atomic E-state index is 0.190. The highest BCUT2D eigenvalue weighted by atomic mass is 32.1. The summed E-state index contributed by atoms with van der Waals surface area (Å²) in [5.41, 5.74) is 0. The Labute approximate surface area is 77.6 Å². The summed E-state index contributed by atoms with van der Waals surface area (Å²) in [5.74, 6) is 0. The highest BCUT2D eigenvalue weighted by Gasteiger charge is 2.11. The van der Waals surface area contributed by atoms with E-state index in [1.54, 1.807) is 18.4 Å². The maximum absolute atomic E-state index is 5.29. The molecule has 0 radical (unpaired) electrons. The molecule has 0 saturated carbocycles. The molecule has 0 N–H and O–H groups in total. The molecule has 0 saturated heterocycles. The lowest BCUT2D eigenvalue weighted by Gasteiger charge is -2.07. The van der Waals surface area contributed by atoms with E-state index < -0.39 is 0 Å². The third-order valence-electron chi connectivity index (χ3n) is 1.85. The first kappa shape index (κ1) is 9.68. The van der Waals surface area contributed by atoms with Gasteiger partial charge in [0, 0.05) is 18.2 Å². The van der Waals surface area contributed by atoms with Gasteiger partial charge in [0.2, 0.25) is 0 Å². The summed E-state index contributed by atoms with van der Waals surface area (Å²) < 4.78 is 5.29. The van der Waals surface area contributed by atoms with Crippen LogP contribution in [0.2, 0.25) is 0 Å². The maximum Gasteiger partial charge on any atom is 0.122 e. The smallest absolute Gasteiger partial charge is 0.122 e. The van der Waals surface area contributed by atoms with Gasteiger partial charge in [-0.2, -0.15) is 0 Å². The molecule has 0 amide bonds. The molecule has 0 aliphatic heterocycles. The highest BCUT2D eigenvalue weighted by Crippen LogP contribution is 2.24. The number of thiazole rings is 1. The molecular weight excluding hydrogens is 170 g/mol. The number of aryl methyl sites for hydroxylation is 1. The van der Waals surface area contributed by atoms with E-state index in [0.717, 1.165) is 17.8 Å². The Morgan fingerprint density at radius 2 is 2.33 bits per heavy atom. The predicted molar refractivity (Wildman–Crippen MR) is 51.5 cm³/mol. The Bertz CT molecular complexity index is 230. The average Bonchev–Trinajstić information content (AvgIpc) is 2.55. The normalized spacial score (nSPS) is 13.2. The van der Waals surface area contributed by atoms with E-state index in [-0.39, 0.29) is 6.10 Å². The molecule has 0 aromatic carbocycles. The zero-order valence-electron chi connectivity index (χ0n) is 7.83. The second-order valence-electron chi connectivity index (χ2n) is 2.65. The quantitative estimate of drug-likeness (QED) is 0.719. The van der Waals surface area contributed by atoms with Crippen LogP contribution in [0.1, 0.15) is 36.3 Å². The molecule has 68 valence electrons. The van der Waals surface area contributed by atoms with Crippen molar-refractivity contribution in [1.82, 2.24) is 4.98 Å². The van der Waals surface area contributed by atoms with Gasteiger partial charge < -0.3 is 4.74 Å². The molecule has 1 unspecified atom stereocenters. The van der Waals surface area contributed by atoms with E-state index in [2.05, 4.69) is 18.8 Å². The first-order valence-electron chi connectivity index (χ1n) is 4.29. The second-order valence-corrected chi connectivity index (χ2v) is 3.80. The Morgan fingerprint density at radius 1 is 1.58 bits per heavy atom. The van der Waals surface area contributed by atoms with Crippen LogP contribution in [0.3, 0.4) is 0 Å². The van der Waals surface area contributed by atoms with Gasteiger partial charge in [-0.3, -0.25) is 0 Å². The maximum atomic E-state index is 5.29. The Morgan fingerprint density at radius 3 is 2.75 bits per heavy atom. The molecule has 0 spiro atoms. The summed E-state index contributed by atoms with van der Waals surface area (Å²) in [6, 6.07) is 0. The van der Waals surface area contributed by atoms with Crippen LogP contribution in [-0.2, 0) is 11.2 Å². The van der Waals surface area contributed by atoms with Crippen molar-refractivity contribution in [2.75, 3.05) is 7.11 Å². The van der Waals surface area contributed by atoms with E-state index in [1.807, 2.05) is 6.20 Å². The molecule has 2 nitrogen and oxygen atoms in total. The monoisotopic (exact) mass is 185 g/mol. The number of nitrogens with zero attached hydrogens (tertiary/aromatic N) is 1. The Balaban J connectivity index is 2.72. The number of hydrogen-bond acceptors (Lipinski definition) is 3. The number of aromatic nitrogens is 1. The molecule has 1 heterocycles. The fourth-order valence-electron chi connectivity index (χ4n) is 1.08. The van der Waals surface area contributed by atoms with Crippen LogP contribution in [0.25, 0.3) is 0 Å². The molecule has 0 aliphatic carbocycles. The van der Waals surface area contributed by atoms with Gasteiger partial charge in [-0.1, -0.05) is 13.8 Å². The van der Waals surface area contributed by atoms with Crippen LogP contribution in [0.5, 0.6) is 0 Å². The van der Waals surface area contributed by atoms with Crippen LogP contribution in [-0.4, -0.2) is 12.1 Å². The van der Waals surface area contributed by atoms with Crippen LogP contribution in [0.15, 0.2) is 6.20 Å². The molecule has 1 aromatic rings. The van der Waals surface area contributed by atoms with E-state index in [0.29, 0.717) is 0 Å². The van der Waals surface area contributed by atoms with E-state index in [1.165, 1.54) is 4.88 Å². The van der Waals surface area contributed by atoms with Crippen molar-refractivity contribution < 1.29 is 4.74 Å². The summed E-state index contributed by atoms with van der Waals surface area (Å²) in [6.45, 7) is 4.26. The lowest BCUT2D eigenvalue weighted by atomic mass is 10.3. The lowest BCUT2D eigenvalue weighted by molar-refractivity contribution is 0.0998. The summed E-state index contributed by atoms with van der Waals surface area (Å²) in [5, 5.41) is 1.11. The van der Waals surface area contributed by atoms with Gasteiger partial charge in [0.1, 0.15) is 11.1 Å². The second kappa shape index (κ2) is 4.58. The van der Waals surface area contributed by atoms with E-state index in [9.17, 15) is 0 Å². The zero-order chi connectivity index (χ0) is 8.97. The molecule has 0 aliphatic rings. The van der Waals surface area contributed by atoms with Crippen LogP contribution < -0.4 is 0 Å². The van der Waals surface area contributed by atoms with Crippen molar-refractivity contribution in [3.63, 3.8) is 0 Å². The minimum absolute atomic E-state index is 0.190. The topological polar surface area (TPSA) is 22.1 Å². The average molecular weight is 185 g/mol. The molecule has 3 heteroatoms. The molecular formula is C9H15NOS. The Kier molecular flexibility index (Phi) is 3.69. The fourth-order valence-corrected chi connectivity index (χ4v) is 2.10. The summed E-state index contributed by atoms with van der Waals surface area (Å²) in [6.07, 6.45) is 4.20. The van der Waals surface area contributed by atoms with Crippen molar-refractivity contribution in [2.24, 2.45) is 0 Å². The van der Waals surface area contributed by atoms with Crippen molar-refractivity contribution >= 4 is 11.3 Å². The van der Waals surface area contributed by atoms with E-state index >= 15 is 0 Å². The number of hydrogen-bond donors (Lipinski definition) is 0. The molecule has 0 fully saturated rings. The summed E-state index contributed by atoms with van der Waals surface area (Å²) in [4.78, 5) is 5.66. The van der Waals surface area contributed by atoms with Gasteiger partial charge in [0.05, 0.1) is 0 Å². The fraction of sp³-hybridized carbons (Fsp3) is 0.667. The van der Waals surface area contributed by atoms with Crippen molar-refractivity contribution in [3.05, 3.63) is 16.1 Å². The van der Waals surface area contributed by atoms with Gasteiger partial charge >= 0.3 is 0 Å². The van der Waals surface area contributed by atoms with Crippen molar-refractivity contribution in [2.45, 2.75) is 32.8 Å². The van der Waals surface area contributed by atoms with Crippen LogP contribution in [0.4, 0.5) is 0 Å². The van der Waals surface area contributed by atoms with Crippen LogP contribution in [0, 0.1) is 0 Å². The highest BCUT2D eigenvalue weighted by molar-refractivity contribution is 7.11. The van der Waals surface area contributed by atoms with Gasteiger partial charge in [-0.05, 0) is 12.8 Å². The SMILES string of the molecule is CCc1cnc(C(CC)OC)s1. The standard InChI is InChI=1S/C9H15NOS/c1-4-7-6-10-9(12-7)8(5-2)11-3/h6,8H,4-5H2,1-3H3. The third-order valence-corrected chi connectivity index (χ3v) is 3.08. The molecule has 1 aromatic heterocycles. The number of rotatable bonds is 4. The Hall–Kier alpha value is -0.410. The summed E-state index contributed by atoms with van der Waals surface area (Å²) in [7, 11) is 1.74. The van der Waals surface area contributed by atoms with Gasteiger partial charge in [-0.25, -0.2) is 4.98 Å². The molecule has 1 atom stereocenters. The predicted octanol–water partition coefficient (Wildman–Crippen LogP) is 2.80. The molecule has 1 rings (SSSR count). The third kappa shape index (κ3) is 2.05. The van der Waals surface area contributed by atoms with Crippen LogP contribution >= 0.6 is 11.3 Å². The van der Waals surface area contributed by atoms with Gasteiger partial charge in [0.15, 0.2) is 0 Å². The van der Waals surface area contributed by atoms with Gasteiger partial charge in [-0.15, -0.1) is 11.3 Å². The minimum Gasteiger partial charge on any atom is -0.374 e. The largest absolute Gasteiger partial charge is 0.374 e. The number of methoxy groups -OCH3 is 1. The zero-order valence-corrected chi connectivity index (χ0v) is 8.65. The van der Waals surface area contributed by atoms with Crippen molar-refractivity contribution in [1.29, 1.82) is 0 Å². The first-order valence-corrected chi connectivity index (χ1v) is 5.10. The number of ether oxygens (including phenoxy) is 1. The van der Waals surface area contributed by atoms with Crippen molar-refractivity contribution in [3.8, 4) is 0 Å².